The number of benzene rings is 2. The van der Waals surface area contributed by atoms with Crippen molar-refractivity contribution in [2.75, 3.05) is 0 Å². The van der Waals surface area contributed by atoms with Gasteiger partial charge in [0.25, 0.3) is 0 Å². The first kappa shape index (κ1) is 18.1. The van der Waals surface area contributed by atoms with Gasteiger partial charge in [-0.2, -0.15) is 0 Å². The molecule has 0 spiro atoms. The molecule has 123 valence electrons. The summed E-state index contributed by atoms with van der Waals surface area (Å²) in [6, 6.07) is 20.4. The fourth-order valence-electron chi connectivity index (χ4n) is 3.39. The maximum Gasteiger partial charge on any atom is 0.0489 e. The molecular formula is C21H24IrN-. The second-order valence-corrected chi connectivity index (χ2v) is 7.56. The SMILES string of the molecule is CC1(C)Cc2ccccc2CC(C)(C)C(c2[c-]cccc2)=N1.[Ir]. The largest absolute Gasteiger partial charge is 0.330 e. The smallest absolute Gasteiger partial charge is 0.0489 e. The van der Waals surface area contributed by atoms with Crippen LogP contribution in [0.4, 0.5) is 0 Å². The molecule has 2 heteroatoms. The molecule has 1 aliphatic heterocycles. The third-order valence-corrected chi connectivity index (χ3v) is 4.39. The van der Waals surface area contributed by atoms with Crippen LogP contribution in [0.3, 0.4) is 0 Å². The minimum atomic E-state index is -0.104. The van der Waals surface area contributed by atoms with Crippen LogP contribution >= 0.6 is 0 Å². The van der Waals surface area contributed by atoms with Crippen molar-refractivity contribution in [1.82, 2.24) is 0 Å². The fourth-order valence-corrected chi connectivity index (χ4v) is 3.39. The summed E-state index contributed by atoms with van der Waals surface area (Å²) in [5.41, 5.74) is 5.07. The van der Waals surface area contributed by atoms with Crippen LogP contribution in [-0.4, -0.2) is 11.3 Å². The van der Waals surface area contributed by atoms with E-state index in [9.17, 15) is 0 Å². The maximum absolute atomic E-state index is 5.18. The molecule has 2 aromatic rings. The van der Waals surface area contributed by atoms with Crippen LogP contribution in [0.1, 0.15) is 44.4 Å². The van der Waals surface area contributed by atoms with Crippen LogP contribution in [0, 0.1) is 11.5 Å². The van der Waals surface area contributed by atoms with Crippen LogP contribution in [0.5, 0.6) is 0 Å². The van der Waals surface area contributed by atoms with Crippen LogP contribution in [0.25, 0.3) is 0 Å². The normalized spacial score (nSPS) is 18.7. The van der Waals surface area contributed by atoms with E-state index in [0.717, 1.165) is 18.4 Å². The van der Waals surface area contributed by atoms with Gasteiger partial charge in [-0.1, -0.05) is 38.1 Å². The molecule has 2 aromatic carbocycles. The summed E-state index contributed by atoms with van der Waals surface area (Å²) in [4.78, 5) is 5.18. The molecule has 1 aliphatic rings. The van der Waals surface area contributed by atoms with Gasteiger partial charge in [-0.05, 0) is 48.9 Å². The van der Waals surface area contributed by atoms with Crippen molar-refractivity contribution in [1.29, 1.82) is 0 Å². The average molecular weight is 483 g/mol. The predicted octanol–water partition coefficient (Wildman–Crippen LogP) is 4.88. The van der Waals surface area contributed by atoms with Gasteiger partial charge in [-0.25, -0.2) is 0 Å². The fraction of sp³-hybridized carbons (Fsp3) is 0.381. The second kappa shape index (κ2) is 6.71. The minimum absolute atomic E-state index is 0. The Bertz CT molecular complexity index is 699. The molecule has 1 nitrogen and oxygen atoms in total. The number of fused-ring (bicyclic) bond motifs is 1. The van der Waals surface area contributed by atoms with Gasteiger partial charge >= 0.3 is 0 Å². The Hall–Kier alpha value is -1.24. The zero-order valence-electron chi connectivity index (χ0n) is 14.3. The molecule has 0 aliphatic carbocycles. The Balaban J connectivity index is 0.00000192. The molecular weight excluding hydrogens is 458 g/mol. The van der Waals surface area contributed by atoms with Gasteiger partial charge in [0.15, 0.2) is 0 Å². The van der Waals surface area contributed by atoms with Crippen molar-refractivity contribution in [3.8, 4) is 0 Å². The predicted molar refractivity (Wildman–Crippen MR) is 93.5 cm³/mol. The van der Waals surface area contributed by atoms with Crippen molar-refractivity contribution in [3.63, 3.8) is 0 Å². The standard InChI is InChI=1S/C21H24N.Ir/c1-20(2)14-17-12-8-9-13-18(17)15-21(3,4)22-19(20)16-10-6-5-7-11-16;/h5-10,12-13H,14-15H2,1-4H3;/q-1;. The van der Waals surface area contributed by atoms with E-state index in [1.54, 1.807) is 0 Å². The Morgan fingerprint density at radius 2 is 1.48 bits per heavy atom. The third-order valence-electron chi connectivity index (χ3n) is 4.39. The van der Waals surface area contributed by atoms with Gasteiger partial charge in [0.05, 0.1) is 0 Å². The summed E-state index contributed by atoms with van der Waals surface area (Å²) in [5.74, 6) is 0. The number of aliphatic imine (C=N–C) groups is 1. The maximum atomic E-state index is 5.18. The van der Waals surface area contributed by atoms with E-state index >= 15 is 0 Å². The average Bonchev–Trinajstić information content (AvgIpc) is 2.46. The van der Waals surface area contributed by atoms with Crippen LogP contribution in [0.15, 0.2) is 53.5 Å². The quantitative estimate of drug-likeness (QED) is 0.514. The van der Waals surface area contributed by atoms with Crippen molar-refractivity contribution in [3.05, 3.63) is 71.3 Å². The Morgan fingerprint density at radius 1 is 0.870 bits per heavy atom. The third kappa shape index (κ3) is 4.00. The topological polar surface area (TPSA) is 12.4 Å². The summed E-state index contributed by atoms with van der Waals surface area (Å²) in [5, 5.41) is 0. The van der Waals surface area contributed by atoms with Crippen LogP contribution in [0.2, 0.25) is 0 Å². The molecule has 0 unspecified atom stereocenters. The molecule has 0 saturated carbocycles. The zero-order valence-corrected chi connectivity index (χ0v) is 16.7. The summed E-state index contributed by atoms with van der Waals surface area (Å²) in [7, 11) is 0. The number of nitrogens with zero attached hydrogens (tertiary/aromatic N) is 1. The van der Waals surface area contributed by atoms with Crippen LogP contribution in [-0.2, 0) is 32.9 Å². The molecule has 0 amide bonds. The Morgan fingerprint density at radius 3 is 2.09 bits per heavy atom. The number of hydrogen-bond acceptors (Lipinski definition) is 1. The van der Waals surface area contributed by atoms with Gasteiger partial charge in [0.2, 0.25) is 0 Å². The van der Waals surface area contributed by atoms with Gasteiger partial charge in [-0.15, -0.1) is 35.9 Å². The van der Waals surface area contributed by atoms with E-state index in [1.165, 1.54) is 16.8 Å². The van der Waals surface area contributed by atoms with Gasteiger partial charge in [0.1, 0.15) is 0 Å². The molecule has 1 radical (unpaired) electrons. The first-order valence-corrected chi connectivity index (χ1v) is 8.02. The minimum Gasteiger partial charge on any atom is -0.330 e. The number of rotatable bonds is 1. The molecule has 3 rings (SSSR count). The second-order valence-electron chi connectivity index (χ2n) is 7.56. The Kier molecular flexibility index (Phi) is 5.28. The molecule has 0 atom stereocenters. The molecule has 0 saturated heterocycles. The van der Waals surface area contributed by atoms with Crippen molar-refractivity contribution < 1.29 is 20.1 Å². The molecule has 0 N–H and O–H groups in total. The van der Waals surface area contributed by atoms with Gasteiger partial charge in [0, 0.05) is 25.6 Å². The zero-order chi connectivity index (χ0) is 15.8. The van der Waals surface area contributed by atoms with Crippen LogP contribution < -0.4 is 0 Å². The Labute approximate surface area is 153 Å². The molecule has 23 heavy (non-hydrogen) atoms. The first-order chi connectivity index (χ1) is 10.4. The monoisotopic (exact) mass is 483 g/mol. The summed E-state index contributed by atoms with van der Waals surface area (Å²) in [6.07, 6.45) is 2.00. The summed E-state index contributed by atoms with van der Waals surface area (Å²) in [6.45, 7) is 9.05. The van der Waals surface area contributed by atoms with E-state index in [-0.39, 0.29) is 31.1 Å². The molecule has 0 bridgehead atoms. The van der Waals surface area contributed by atoms with Crippen molar-refractivity contribution in [2.45, 2.75) is 46.1 Å². The molecule has 0 fully saturated rings. The summed E-state index contributed by atoms with van der Waals surface area (Å²) < 4.78 is 0. The molecule has 0 aromatic heterocycles. The van der Waals surface area contributed by atoms with Crippen molar-refractivity contribution in [2.24, 2.45) is 10.4 Å². The number of hydrogen-bond donors (Lipinski definition) is 0. The first-order valence-electron chi connectivity index (χ1n) is 8.02. The van der Waals surface area contributed by atoms with Crippen molar-refractivity contribution >= 4 is 5.71 Å². The van der Waals surface area contributed by atoms with E-state index in [1.807, 2.05) is 12.1 Å². The van der Waals surface area contributed by atoms with E-state index < -0.39 is 0 Å². The summed E-state index contributed by atoms with van der Waals surface area (Å²) >= 11 is 0. The van der Waals surface area contributed by atoms with Gasteiger partial charge < -0.3 is 4.99 Å². The van der Waals surface area contributed by atoms with E-state index in [0.29, 0.717) is 0 Å². The van der Waals surface area contributed by atoms with E-state index in [4.69, 9.17) is 4.99 Å². The molecule has 1 heterocycles. The van der Waals surface area contributed by atoms with Gasteiger partial charge in [-0.3, -0.25) is 0 Å². The van der Waals surface area contributed by atoms with E-state index in [2.05, 4.69) is 70.2 Å².